The van der Waals surface area contributed by atoms with Crippen molar-refractivity contribution in [1.29, 1.82) is 0 Å². The van der Waals surface area contributed by atoms with Crippen molar-refractivity contribution in [3.63, 3.8) is 0 Å². The number of aliphatic hydroxyl groups excluding tert-OH is 1. The zero-order valence-electron chi connectivity index (χ0n) is 10.3. The Bertz CT molecular complexity index is 226. The van der Waals surface area contributed by atoms with E-state index < -0.39 is 6.10 Å². The molecular formula is C11H22N2O4. The van der Waals surface area contributed by atoms with Crippen LogP contribution >= 0.6 is 0 Å². The number of β-amino-alcohol motifs (C(OH)–C–C–N with tert-alkyl or cyclic N) is 1. The third-order valence-electron chi connectivity index (χ3n) is 2.62. The summed E-state index contributed by atoms with van der Waals surface area (Å²) in [7, 11) is 1.63. The number of hydrogen-bond acceptors (Lipinski definition) is 5. The molecular weight excluding hydrogens is 224 g/mol. The van der Waals surface area contributed by atoms with E-state index in [1.807, 2.05) is 0 Å². The summed E-state index contributed by atoms with van der Waals surface area (Å²) in [6, 6.07) is -0.251. The van der Waals surface area contributed by atoms with Gasteiger partial charge in [0.25, 0.3) is 0 Å². The molecule has 0 aliphatic carbocycles. The molecule has 1 fully saturated rings. The summed E-state index contributed by atoms with van der Waals surface area (Å²) in [5, 5.41) is 15.0. The van der Waals surface area contributed by atoms with Gasteiger partial charge in [-0.15, -0.1) is 0 Å². The molecule has 2 atom stereocenters. The first-order chi connectivity index (χ1) is 8.24. The first-order valence-corrected chi connectivity index (χ1v) is 6.00. The number of amides is 1. The van der Waals surface area contributed by atoms with Crippen molar-refractivity contribution in [2.75, 3.05) is 40.0 Å². The fourth-order valence-corrected chi connectivity index (χ4v) is 1.67. The quantitative estimate of drug-likeness (QED) is 0.473. The Hall–Kier alpha value is -0.690. The molecule has 1 aliphatic rings. The smallest absolute Gasteiger partial charge is 0.237 e. The van der Waals surface area contributed by atoms with Crippen LogP contribution in [0.3, 0.4) is 0 Å². The molecule has 1 amide bonds. The van der Waals surface area contributed by atoms with Gasteiger partial charge in [0.2, 0.25) is 5.91 Å². The number of nitrogens with one attached hydrogen (secondary N) is 2. The van der Waals surface area contributed by atoms with Crippen molar-refractivity contribution >= 4 is 5.91 Å². The third kappa shape index (κ3) is 5.97. The van der Waals surface area contributed by atoms with Gasteiger partial charge in [-0.1, -0.05) is 0 Å². The Morgan fingerprint density at radius 3 is 2.94 bits per heavy atom. The average molecular weight is 246 g/mol. The van der Waals surface area contributed by atoms with Crippen molar-refractivity contribution in [3.8, 4) is 0 Å². The lowest BCUT2D eigenvalue weighted by Crippen LogP contribution is -2.40. The Kier molecular flexibility index (Phi) is 7.11. The number of hydrogen-bond donors (Lipinski definition) is 3. The highest BCUT2D eigenvalue weighted by molar-refractivity contribution is 5.82. The van der Waals surface area contributed by atoms with Crippen LogP contribution in [0.4, 0.5) is 0 Å². The highest BCUT2D eigenvalue weighted by Crippen LogP contribution is 2.05. The minimum atomic E-state index is -0.400. The highest BCUT2D eigenvalue weighted by atomic mass is 16.5. The van der Waals surface area contributed by atoms with E-state index in [2.05, 4.69) is 10.6 Å². The van der Waals surface area contributed by atoms with Gasteiger partial charge in [-0.25, -0.2) is 0 Å². The van der Waals surface area contributed by atoms with E-state index in [0.29, 0.717) is 39.3 Å². The van der Waals surface area contributed by atoms with Crippen LogP contribution in [0.1, 0.15) is 12.8 Å². The standard InChI is InChI=1S/C11H22N2O4/c1-16-5-6-17-4-2-3-12-11(15)10-7-9(14)8-13-10/h9-10,13-14H,2-8H2,1H3,(H,12,15). The van der Waals surface area contributed by atoms with Gasteiger partial charge in [0.1, 0.15) is 0 Å². The molecule has 1 rings (SSSR count). The van der Waals surface area contributed by atoms with E-state index in [-0.39, 0.29) is 11.9 Å². The van der Waals surface area contributed by atoms with Gasteiger partial charge < -0.3 is 25.2 Å². The Morgan fingerprint density at radius 2 is 2.29 bits per heavy atom. The molecule has 0 saturated carbocycles. The van der Waals surface area contributed by atoms with Gasteiger partial charge in [0.15, 0.2) is 0 Å². The molecule has 1 saturated heterocycles. The first-order valence-electron chi connectivity index (χ1n) is 6.00. The molecule has 0 aromatic rings. The summed E-state index contributed by atoms with van der Waals surface area (Å²) in [5.41, 5.74) is 0. The second-order valence-electron chi connectivity index (χ2n) is 4.10. The van der Waals surface area contributed by atoms with E-state index in [1.165, 1.54) is 0 Å². The predicted octanol–water partition coefficient (Wildman–Crippen LogP) is -1.12. The molecule has 0 aromatic heterocycles. The zero-order chi connectivity index (χ0) is 12.5. The van der Waals surface area contributed by atoms with Crippen molar-refractivity contribution in [2.24, 2.45) is 0 Å². The second kappa shape index (κ2) is 8.41. The van der Waals surface area contributed by atoms with E-state index in [1.54, 1.807) is 7.11 Å². The number of carbonyl (C=O) groups excluding carboxylic acids is 1. The average Bonchev–Trinajstić information content (AvgIpc) is 2.74. The first kappa shape index (κ1) is 14.4. The number of ether oxygens (including phenoxy) is 2. The molecule has 0 spiro atoms. The van der Waals surface area contributed by atoms with Crippen LogP contribution in [0, 0.1) is 0 Å². The van der Waals surface area contributed by atoms with Gasteiger partial charge in [0.05, 0.1) is 25.4 Å². The molecule has 17 heavy (non-hydrogen) atoms. The molecule has 6 nitrogen and oxygen atoms in total. The monoisotopic (exact) mass is 246 g/mol. The number of rotatable bonds is 8. The van der Waals surface area contributed by atoms with Gasteiger partial charge in [-0.05, 0) is 12.8 Å². The van der Waals surface area contributed by atoms with E-state index >= 15 is 0 Å². The van der Waals surface area contributed by atoms with Gasteiger partial charge >= 0.3 is 0 Å². The lowest BCUT2D eigenvalue weighted by Gasteiger charge is -2.10. The van der Waals surface area contributed by atoms with Crippen molar-refractivity contribution in [3.05, 3.63) is 0 Å². The molecule has 6 heteroatoms. The summed E-state index contributed by atoms with van der Waals surface area (Å²) in [4.78, 5) is 11.6. The van der Waals surface area contributed by atoms with Crippen LogP contribution in [0.5, 0.6) is 0 Å². The predicted molar refractivity (Wildman–Crippen MR) is 62.7 cm³/mol. The van der Waals surface area contributed by atoms with E-state index in [0.717, 1.165) is 6.42 Å². The van der Waals surface area contributed by atoms with Crippen LogP contribution in [-0.2, 0) is 14.3 Å². The molecule has 0 bridgehead atoms. The van der Waals surface area contributed by atoms with Gasteiger partial charge in [-0.2, -0.15) is 0 Å². The molecule has 1 aliphatic heterocycles. The van der Waals surface area contributed by atoms with Crippen LogP contribution in [0.25, 0.3) is 0 Å². The summed E-state index contributed by atoms with van der Waals surface area (Å²) < 4.78 is 10.1. The summed E-state index contributed by atoms with van der Waals surface area (Å²) in [5.74, 6) is -0.0431. The van der Waals surface area contributed by atoms with Crippen LogP contribution in [0.15, 0.2) is 0 Å². The lowest BCUT2D eigenvalue weighted by atomic mass is 10.2. The summed E-state index contributed by atoms with van der Waals surface area (Å²) >= 11 is 0. The molecule has 0 aromatic carbocycles. The largest absolute Gasteiger partial charge is 0.392 e. The van der Waals surface area contributed by atoms with Crippen LogP contribution < -0.4 is 10.6 Å². The molecule has 100 valence electrons. The lowest BCUT2D eigenvalue weighted by molar-refractivity contribution is -0.122. The zero-order valence-corrected chi connectivity index (χ0v) is 10.3. The number of carbonyl (C=O) groups is 1. The highest BCUT2D eigenvalue weighted by Gasteiger charge is 2.27. The molecule has 0 radical (unpaired) electrons. The fraction of sp³-hybridized carbons (Fsp3) is 0.909. The van der Waals surface area contributed by atoms with Crippen LogP contribution in [0.2, 0.25) is 0 Å². The maximum absolute atomic E-state index is 11.6. The number of aliphatic hydroxyl groups is 1. The minimum Gasteiger partial charge on any atom is -0.392 e. The molecule has 1 heterocycles. The van der Waals surface area contributed by atoms with E-state index in [9.17, 15) is 9.90 Å². The summed E-state index contributed by atoms with van der Waals surface area (Å²) in [6.45, 7) is 2.89. The third-order valence-corrected chi connectivity index (χ3v) is 2.62. The summed E-state index contributed by atoms with van der Waals surface area (Å²) in [6.07, 6.45) is 0.879. The fourth-order valence-electron chi connectivity index (χ4n) is 1.67. The van der Waals surface area contributed by atoms with Crippen LogP contribution in [-0.4, -0.2) is 63.2 Å². The Labute approximate surface area is 102 Å². The van der Waals surface area contributed by atoms with E-state index in [4.69, 9.17) is 9.47 Å². The maximum atomic E-state index is 11.6. The normalized spacial score (nSPS) is 23.9. The molecule has 3 N–H and O–H groups in total. The topological polar surface area (TPSA) is 79.8 Å². The van der Waals surface area contributed by atoms with Crippen molar-refractivity contribution in [2.45, 2.75) is 25.0 Å². The second-order valence-corrected chi connectivity index (χ2v) is 4.10. The van der Waals surface area contributed by atoms with Gasteiger partial charge in [-0.3, -0.25) is 4.79 Å². The Balaban J connectivity index is 1.93. The van der Waals surface area contributed by atoms with Crippen molar-refractivity contribution in [1.82, 2.24) is 10.6 Å². The van der Waals surface area contributed by atoms with Gasteiger partial charge in [0, 0.05) is 26.8 Å². The number of methoxy groups -OCH3 is 1. The molecule has 2 unspecified atom stereocenters. The minimum absolute atomic E-state index is 0.0431. The van der Waals surface area contributed by atoms with Crippen molar-refractivity contribution < 1.29 is 19.4 Å². The SMILES string of the molecule is COCCOCCCNC(=O)C1CC(O)CN1. The maximum Gasteiger partial charge on any atom is 0.237 e. The Morgan fingerprint density at radius 1 is 1.47 bits per heavy atom.